The van der Waals surface area contributed by atoms with Crippen molar-refractivity contribution >= 4 is 5.97 Å². The molecule has 0 aromatic carbocycles. The van der Waals surface area contributed by atoms with Gasteiger partial charge in [0.25, 0.3) is 0 Å². The minimum Gasteiger partial charge on any atom is -0.466 e. The Balaban J connectivity index is 0. The molecule has 0 aromatic rings. The van der Waals surface area contributed by atoms with Crippen LogP contribution in [-0.2, 0) is 9.53 Å². The smallest absolute Gasteiger partial charge is 0.329 e. The zero-order valence-electron chi connectivity index (χ0n) is 8.17. The fourth-order valence-electron chi connectivity index (χ4n) is 0.417. The van der Waals surface area contributed by atoms with E-state index in [0.29, 0.717) is 0 Å². The topological polar surface area (TPSA) is 26.3 Å². The van der Waals surface area contributed by atoms with E-state index in [0.717, 1.165) is 6.08 Å². The van der Waals surface area contributed by atoms with Crippen molar-refractivity contribution in [2.75, 3.05) is 7.11 Å². The summed E-state index contributed by atoms with van der Waals surface area (Å²) in [5.74, 6) is -0.394. The Morgan fingerprint density at radius 1 is 1.33 bits per heavy atom. The van der Waals surface area contributed by atoms with Crippen molar-refractivity contribution in [3.05, 3.63) is 24.8 Å². The second-order valence-electron chi connectivity index (χ2n) is 2.02. The van der Waals surface area contributed by atoms with Crippen LogP contribution in [0.15, 0.2) is 24.8 Å². The summed E-state index contributed by atoms with van der Waals surface area (Å²) in [7, 11) is 1.31. The van der Waals surface area contributed by atoms with Crippen molar-refractivity contribution in [1.29, 1.82) is 0 Å². The number of hydrogen-bond donors (Lipinski definition) is 0. The average Bonchev–Trinajstić information content (AvgIpc) is 2.14. The normalized spacial score (nSPS) is 8.58. The maximum absolute atomic E-state index is 9.84. The van der Waals surface area contributed by atoms with Crippen LogP contribution in [-0.4, -0.2) is 13.1 Å². The lowest BCUT2D eigenvalue weighted by atomic mass is 10.4. The Kier molecular flexibility index (Phi) is 14.2. The zero-order chi connectivity index (χ0) is 9.82. The van der Waals surface area contributed by atoms with Crippen LogP contribution >= 0.6 is 0 Å². The monoisotopic (exact) mass is 170 g/mol. The van der Waals surface area contributed by atoms with Gasteiger partial charge < -0.3 is 4.74 Å². The van der Waals surface area contributed by atoms with Gasteiger partial charge in [0.05, 0.1) is 7.11 Å². The molecule has 2 nitrogen and oxygen atoms in total. The summed E-state index contributed by atoms with van der Waals surface area (Å²) in [4.78, 5) is 9.84. The highest BCUT2D eigenvalue weighted by Crippen LogP contribution is 1.81. The van der Waals surface area contributed by atoms with Crippen LogP contribution in [0.25, 0.3) is 0 Å². The second-order valence-corrected chi connectivity index (χ2v) is 2.02. The van der Waals surface area contributed by atoms with Crippen LogP contribution < -0.4 is 0 Å². The molecule has 0 spiro atoms. The number of rotatable bonds is 3. The van der Waals surface area contributed by atoms with Gasteiger partial charge in [-0.05, 0) is 12.8 Å². The first-order chi connectivity index (χ1) is 5.72. The maximum atomic E-state index is 9.84. The highest BCUT2D eigenvalue weighted by atomic mass is 16.5. The molecule has 0 aliphatic carbocycles. The molecule has 0 radical (unpaired) electrons. The van der Waals surface area contributed by atoms with E-state index >= 15 is 0 Å². The third-order valence-electron chi connectivity index (χ3n) is 1.01. The SMILES string of the molecule is C=CC(=O)OC.CCC=CCC. The lowest BCUT2D eigenvalue weighted by Crippen LogP contribution is -1.91. The van der Waals surface area contributed by atoms with E-state index < -0.39 is 5.97 Å². The minimum absolute atomic E-state index is 0.394. The number of methoxy groups -OCH3 is 1. The minimum atomic E-state index is -0.394. The summed E-state index contributed by atoms with van der Waals surface area (Å²) in [6.45, 7) is 7.45. The second kappa shape index (κ2) is 12.6. The van der Waals surface area contributed by atoms with Crippen LogP contribution in [0.1, 0.15) is 26.7 Å². The summed E-state index contributed by atoms with van der Waals surface area (Å²) in [6, 6.07) is 0. The number of esters is 1. The zero-order valence-corrected chi connectivity index (χ0v) is 8.17. The maximum Gasteiger partial charge on any atom is 0.329 e. The van der Waals surface area contributed by atoms with Crippen LogP contribution in [0.5, 0.6) is 0 Å². The molecule has 0 aliphatic heterocycles. The molecule has 0 saturated carbocycles. The van der Waals surface area contributed by atoms with Gasteiger partial charge in [-0.25, -0.2) is 4.79 Å². The van der Waals surface area contributed by atoms with Crippen molar-refractivity contribution < 1.29 is 9.53 Å². The molecule has 2 heteroatoms. The van der Waals surface area contributed by atoms with Gasteiger partial charge in [0.1, 0.15) is 0 Å². The predicted molar refractivity (Wildman–Crippen MR) is 51.9 cm³/mol. The molecule has 0 bridgehead atoms. The highest BCUT2D eigenvalue weighted by molar-refractivity contribution is 5.80. The Bertz CT molecular complexity index is 131. The lowest BCUT2D eigenvalue weighted by molar-refractivity contribution is -0.134. The van der Waals surface area contributed by atoms with E-state index in [-0.39, 0.29) is 0 Å². The predicted octanol–water partition coefficient (Wildman–Crippen LogP) is 2.71. The molecule has 0 heterocycles. The van der Waals surface area contributed by atoms with Gasteiger partial charge in [-0.15, -0.1) is 0 Å². The Hall–Kier alpha value is -1.05. The van der Waals surface area contributed by atoms with Crippen molar-refractivity contribution in [3.63, 3.8) is 0 Å². The fraction of sp³-hybridized carbons (Fsp3) is 0.500. The summed E-state index contributed by atoms with van der Waals surface area (Å²) in [6.07, 6.45) is 7.82. The van der Waals surface area contributed by atoms with E-state index in [1.54, 1.807) is 0 Å². The Morgan fingerprint density at radius 3 is 1.83 bits per heavy atom. The third-order valence-corrected chi connectivity index (χ3v) is 1.01. The molecule has 0 aromatic heterocycles. The van der Waals surface area contributed by atoms with Gasteiger partial charge in [0.15, 0.2) is 0 Å². The van der Waals surface area contributed by atoms with E-state index in [9.17, 15) is 4.79 Å². The molecule has 12 heavy (non-hydrogen) atoms. The van der Waals surface area contributed by atoms with Gasteiger partial charge in [-0.2, -0.15) is 0 Å². The van der Waals surface area contributed by atoms with Gasteiger partial charge in [0.2, 0.25) is 0 Å². The van der Waals surface area contributed by atoms with E-state index in [4.69, 9.17) is 0 Å². The van der Waals surface area contributed by atoms with Gasteiger partial charge in [0, 0.05) is 6.08 Å². The summed E-state index contributed by atoms with van der Waals surface area (Å²) >= 11 is 0. The quantitative estimate of drug-likeness (QED) is 0.370. The first kappa shape index (κ1) is 13.5. The van der Waals surface area contributed by atoms with Gasteiger partial charge in [-0.3, -0.25) is 0 Å². The largest absolute Gasteiger partial charge is 0.466 e. The first-order valence-corrected chi connectivity index (χ1v) is 4.08. The number of carbonyl (C=O) groups is 1. The number of ether oxygens (including phenoxy) is 1. The summed E-state index contributed by atoms with van der Waals surface area (Å²) < 4.78 is 4.14. The molecule has 0 fully saturated rings. The Labute approximate surface area is 74.9 Å². The van der Waals surface area contributed by atoms with Crippen molar-refractivity contribution in [1.82, 2.24) is 0 Å². The van der Waals surface area contributed by atoms with E-state index in [2.05, 4.69) is 37.3 Å². The third kappa shape index (κ3) is 16.0. The molecule has 0 N–H and O–H groups in total. The standard InChI is InChI=1S/C6H12.C4H6O2/c1-3-5-6-4-2;1-3-4(5)6-2/h5-6H,3-4H2,1-2H3;3H,1H2,2H3. The number of hydrogen-bond acceptors (Lipinski definition) is 2. The number of carbonyl (C=O) groups excluding carboxylic acids is 1. The van der Waals surface area contributed by atoms with Gasteiger partial charge in [-0.1, -0.05) is 32.6 Å². The molecule has 0 aliphatic rings. The summed E-state index contributed by atoms with van der Waals surface area (Å²) in [5.41, 5.74) is 0. The van der Waals surface area contributed by atoms with Crippen LogP contribution in [0, 0.1) is 0 Å². The molecule has 0 saturated heterocycles. The first-order valence-electron chi connectivity index (χ1n) is 4.08. The molecule has 0 atom stereocenters. The number of allylic oxidation sites excluding steroid dienone is 2. The highest BCUT2D eigenvalue weighted by Gasteiger charge is 1.81. The molecule has 0 unspecified atom stereocenters. The molecule has 0 rings (SSSR count). The average molecular weight is 170 g/mol. The van der Waals surface area contributed by atoms with Crippen LogP contribution in [0.4, 0.5) is 0 Å². The molecule has 0 amide bonds. The molecular weight excluding hydrogens is 152 g/mol. The van der Waals surface area contributed by atoms with Gasteiger partial charge >= 0.3 is 5.97 Å². The fourth-order valence-corrected chi connectivity index (χ4v) is 0.417. The van der Waals surface area contributed by atoms with Crippen molar-refractivity contribution in [2.24, 2.45) is 0 Å². The summed E-state index contributed by atoms with van der Waals surface area (Å²) in [5, 5.41) is 0. The van der Waals surface area contributed by atoms with E-state index in [1.807, 2.05) is 0 Å². The molecule has 70 valence electrons. The Morgan fingerprint density at radius 2 is 1.75 bits per heavy atom. The lowest BCUT2D eigenvalue weighted by Gasteiger charge is -1.83. The van der Waals surface area contributed by atoms with Crippen molar-refractivity contribution in [2.45, 2.75) is 26.7 Å². The van der Waals surface area contributed by atoms with Crippen molar-refractivity contribution in [3.8, 4) is 0 Å². The van der Waals surface area contributed by atoms with Crippen LogP contribution in [0.2, 0.25) is 0 Å². The molecular formula is C10H18O2. The van der Waals surface area contributed by atoms with Crippen LogP contribution in [0.3, 0.4) is 0 Å². The van der Waals surface area contributed by atoms with E-state index in [1.165, 1.54) is 20.0 Å².